The molecule has 0 saturated carbocycles. The Morgan fingerprint density at radius 3 is 2.88 bits per heavy atom. The van der Waals surface area contributed by atoms with Crippen LogP contribution in [0.3, 0.4) is 0 Å². The first kappa shape index (κ1) is 18.4. The molecule has 138 valence electrons. The number of amides is 2. The number of carbonyl (C=O) groups excluding carboxylic acids is 2. The minimum absolute atomic E-state index is 0.00815. The lowest BCUT2D eigenvalue weighted by atomic mass is 9.99. The zero-order chi connectivity index (χ0) is 17.8. The number of fused-ring (bicyclic) bond motifs is 1. The first-order valence-electron chi connectivity index (χ1n) is 9.17. The van der Waals surface area contributed by atoms with E-state index in [1.807, 2.05) is 17.9 Å². The van der Waals surface area contributed by atoms with Crippen LogP contribution in [0.5, 0.6) is 0 Å². The van der Waals surface area contributed by atoms with Gasteiger partial charge in [0.2, 0.25) is 5.91 Å². The highest BCUT2D eigenvalue weighted by Crippen LogP contribution is 2.30. The van der Waals surface area contributed by atoms with Crippen molar-refractivity contribution in [1.29, 1.82) is 0 Å². The van der Waals surface area contributed by atoms with E-state index in [1.54, 1.807) is 11.3 Å². The molecular weight excluding hydrogens is 338 g/mol. The third-order valence-corrected chi connectivity index (χ3v) is 6.24. The van der Waals surface area contributed by atoms with Crippen molar-refractivity contribution in [2.24, 2.45) is 0 Å². The number of nitrogens with zero attached hydrogens (tertiary/aromatic N) is 1. The summed E-state index contributed by atoms with van der Waals surface area (Å²) in [6, 6.07) is 1.69. The third kappa shape index (κ3) is 4.22. The number of thiophene rings is 1. The first-order valence-corrected chi connectivity index (χ1v) is 9.99. The molecular formula is C18H27N3O3S. The first-order chi connectivity index (χ1) is 12.1. The number of likely N-dealkylation sites (N-methyl/N-ethyl adjacent to an activating group) is 1. The monoisotopic (exact) mass is 365 g/mol. The number of aliphatic hydroxyl groups excluding tert-OH is 1. The van der Waals surface area contributed by atoms with Crippen molar-refractivity contribution >= 4 is 23.2 Å². The highest BCUT2D eigenvalue weighted by atomic mass is 32.1. The van der Waals surface area contributed by atoms with Gasteiger partial charge in [-0.25, -0.2) is 0 Å². The Morgan fingerprint density at radius 1 is 1.36 bits per heavy atom. The Kier molecular flexibility index (Phi) is 6.09. The number of aliphatic hydroxyl groups is 1. The normalized spacial score (nSPS) is 23.3. The molecule has 3 N–H and O–H groups in total. The molecule has 2 aliphatic rings. The van der Waals surface area contributed by atoms with Crippen molar-refractivity contribution in [3.8, 4) is 0 Å². The molecule has 1 aromatic heterocycles. The zero-order valence-electron chi connectivity index (χ0n) is 14.7. The molecule has 0 bridgehead atoms. The van der Waals surface area contributed by atoms with Crippen LogP contribution >= 0.6 is 11.3 Å². The average molecular weight is 365 g/mol. The molecule has 1 saturated heterocycles. The van der Waals surface area contributed by atoms with Crippen molar-refractivity contribution in [3.63, 3.8) is 0 Å². The van der Waals surface area contributed by atoms with Crippen molar-refractivity contribution < 1.29 is 14.7 Å². The number of nitrogens with one attached hydrogen (secondary N) is 2. The summed E-state index contributed by atoms with van der Waals surface area (Å²) >= 11 is 1.61. The number of hydrogen-bond donors (Lipinski definition) is 3. The van der Waals surface area contributed by atoms with Gasteiger partial charge in [-0.05, 0) is 50.7 Å². The van der Waals surface area contributed by atoms with Gasteiger partial charge in [0.15, 0.2) is 0 Å². The zero-order valence-corrected chi connectivity index (χ0v) is 15.5. The highest BCUT2D eigenvalue weighted by Gasteiger charge is 2.37. The Morgan fingerprint density at radius 2 is 2.16 bits per heavy atom. The summed E-state index contributed by atoms with van der Waals surface area (Å²) in [7, 11) is 0. The molecule has 1 fully saturated rings. The average Bonchev–Trinajstić information content (AvgIpc) is 3.19. The van der Waals surface area contributed by atoms with Gasteiger partial charge >= 0.3 is 0 Å². The number of β-amino-alcohol motifs (C(OH)–C–C–N with tert-alkyl or cyclic N) is 1. The summed E-state index contributed by atoms with van der Waals surface area (Å²) in [6.45, 7) is 3.52. The summed E-state index contributed by atoms with van der Waals surface area (Å²) in [4.78, 5) is 28.9. The van der Waals surface area contributed by atoms with Crippen LogP contribution in [-0.2, 0) is 17.6 Å². The van der Waals surface area contributed by atoms with Gasteiger partial charge in [0.25, 0.3) is 5.91 Å². The highest BCUT2D eigenvalue weighted by molar-refractivity contribution is 7.14. The molecule has 7 heteroatoms. The molecule has 1 aromatic rings. The number of hydrogen-bond acceptors (Lipinski definition) is 5. The van der Waals surface area contributed by atoms with Gasteiger partial charge < -0.3 is 15.7 Å². The molecule has 1 aliphatic carbocycles. The van der Waals surface area contributed by atoms with E-state index in [0.717, 1.165) is 17.7 Å². The van der Waals surface area contributed by atoms with Crippen molar-refractivity contribution in [2.75, 3.05) is 26.2 Å². The fraction of sp³-hybridized carbons (Fsp3) is 0.667. The fourth-order valence-electron chi connectivity index (χ4n) is 3.81. The summed E-state index contributed by atoms with van der Waals surface area (Å²) in [5.74, 6) is -0.0656. The van der Waals surface area contributed by atoms with Gasteiger partial charge in [0.1, 0.15) is 0 Å². The topological polar surface area (TPSA) is 81.7 Å². The van der Waals surface area contributed by atoms with Crippen LogP contribution < -0.4 is 10.6 Å². The van der Waals surface area contributed by atoms with Crippen LogP contribution in [0.25, 0.3) is 0 Å². The van der Waals surface area contributed by atoms with E-state index in [-0.39, 0.29) is 30.5 Å². The predicted molar refractivity (Wildman–Crippen MR) is 98.0 cm³/mol. The lowest BCUT2D eigenvalue weighted by molar-refractivity contribution is -0.125. The Hall–Kier alpha value is -1.44. The Balaban J connectivity index is 1.63. The maximum absolute atomic E-state index is 12.6. The summed E-state index contributed by atoms with van der Waals surface area (Å²) in [5, 5.41) is 15.2. The molecule has 0 unspecified atom stereocenters. The third-order valence-electron chi connectivity index (χ3n) is 5.00. The maximum atomic E-state index is 12.6. The van der Waals surface area contributed by atoms with E-state index < -0.39 is 0 Å². The minimum Gasteiger partial charge on any atom is -0.395 e. The molecule has 0 radical (unpaired) electrons. The maximum Gasteiger partial charge on any atom is 0.261 e. The van der Waals surface area contributed by atoms with Crippen molar-refractivity contribution in [1.82, 2.24) is 15.5 Å². The SMILES string of the molecule is CCNC(=O)[C@@H]1C[C@H](NC(=O)c2cc3c(s2)CCCC3)CN1CCO. The molecule has 6 nitrogen and oxygen atoms in total. The largest absolute Gasteiger partial charge is 0.395 e. The van der Waals surface area contributed by atoms with Crippen LogP contribution in [-0.4, -0.2) is 60.1 Å². The standard InChI is InChI=1S/C18H27N3O3S/c1-2-19-17(23)14-10-13(11-21(14)7-8-22)20-18(24)16-9-12-5-3-4-6-15(12)25-16/h9,13-14,22H,2-8,10-11H2,1H3,(H,19,23)(H,20,24)/t13-,14-/m0/s1. The number of carbonyl (C=O) groups is 2. The van der Waals surface area contributed by atoms with Crippen molar-refractivity contribution in [2.45, 2.75) is 51.1 Å². The van der Waals surface area contributed by atoms with Gasteiger partial charge in [0.05, 0.1) is 17.5 Å². The number of aryl methyl sites for hydroxylation is 2. The van der Waals surface area contributed by atoms with E-state index >= 15 is 0 Å². The Labute approximate surface area is 152 Å². The molecule has 25 heavy (non-hydrogen) atoms. The second-order valence-corrected chi connectivity index (χ2v) is 7.94. The van der Waals surface area contributed by atoms with E-state index in [0.29, 0.717) is 26.1 Å². The minimum atomic E-state index is -0.283. The van der Waals surface area contributed by atoms with E-state index in [4.69, 9.17) is 0 Å². The van der Waals surface area contributed by atoms with Gasteiger partial charge in [-0.15, -0.1) is 11.3 Å². The molecule has 0 aromatic carbocycles. The fourth-order valence-corrected chi connectivity index (χ4v) is 4.96. The smallest absolute Gasteiger partial charge is 0.261 e. The molecule has 1 aliphatic heterocycles. The van der Waals surface area contributed by atoms with E-state index in [9.17, 15) is 14.7 Å². The summed E-state index contributed by atoms with van der Waals surface area (Å²) in [5.41, 5.74) is 1.33. The van der Waals surface area contributed by atoms with Gasteiger partial charge in [-0.2, -0.15) is 0 Å². The molecule has 2 atom stereocenters. The molecule has 2 heterocycles. The van der Waals surface area contributed by atoms with Gasteiger partial charge in [-0.3, -0.25) is 14.5 Å². The molecule has 0 spiro atoms. The predicted octanol–water partition coefficient (Wildman–Crippen LogP) is 0.928. The van der Waals surface area contributed by atoms with Crippen LogP contribution in [0, 0.1) is 0 Å². The summed E-state index contributed by atoms with van der Waals surface area (Å²) < 4.78 is 0. The van der Waals surface area contributed by atoms with Gasteiger partial charge in [-0.1, -0.05) is 0 Å². The van der Waals surface area contributed by atoms with Gasteiger partial charge in [0, 0.05) is 30.6 Å². The van der Waals surface area contributed by atoms with Crippen LogP contribution in [0.1, 0.15) is 46.3 Å². The summed E-state index contributed by atoms with van der Waals surface area (Å²) in [6.07, 6.45) is 5.16. The van der Waals surface area contributed by atoms with E-state index in [1.165, 1.54) is 23.3 Å². The molecule has 3 rings (SSSR count). The quantitative estimate of drug-likeness (QED) is 0.700. The van der Waals surface area contributed by atoms with E-state index in [2.05, 4.69) is 10.6 Å². The van der Waals surface area contributed by atoms with Crippen LogP contribution in [0.2, 0.25) is 0 Å². The molecule has 2 amide bonds. The lowest BCUT2D eigenvalue weighted by Crippen LogP contribution is -2.44. The lowest BCUT2D eigenvalue weighted by Gasteiger charge is -2.21. The number of likely N-dealkylation sites (tertiary alicyclic amines) is 1. The Bertz CT molecular complexity index is 608. The number of rotatable bonds is 6. The van der Waals surface area contributed by atoms with Crippen LogP contribution in [0.4, 0.5) is 0 Å². The second-order valence-electron chi connectivity index (χ2n) is 6.80. The van der Waals surface area contributed by atoms with Crippen molar-refractivity contribution in [3.05, 3.63) is 21.4 Å². The second kappa shape index (κ2) is 8.29. The van der Waals surface area contributed by atoms with Crippen LogP contribution in [0.15, 0.2) is 6.07 Å².